The number of rotatable bonds is 6. The van der Waals surface area contributed by atoms with Crippen LogP contribution >= 0.6 is 11.6 Å². The second kappa shape index (κ2) is 8.58. The van der Waals surface area contributed by atoms with Gasteiger partial charge in [-0.15, -0.1) is 0 Å². The van der Waals surface area contributed by atoms with Crippen LogP contribution in [0.4, 0.5) is 0 Å². The summed E-state index contributed by atoms with van der Waals surface area (Å²) in [6.45, 7) is 1.80. The van der Waals surface area contributed by atoms with Crippen LogP contribution in [0.3, 0.4) is 0 Å². The van der Waals surface area contributed by atoms with Gasteiger partial charge in [-0.1, -0.05) is 23.7 Å². The van der Waals surface area contributed by atoms with Gasteiger partial charge in [-0.2, -0.15) is 10.2 Å². The minimum Gasteiger partial charge on any atom is -0.493 e. The Bertz CT molecular complexity index is 1010. The lowest BCUT2D eigenvalue weighted by atomic mass is 10.1. The zero-order chi connectivity index (χ0) is 20.1. The van der Waals surface area contributed by atoms with Crippen LogP contribution in [0.25, 0.3) is 11.3 Å². The highest BCUT2D eigenvalue weighted by molar-refractivity contribution is 6.30. The zero-order valence-corrected chi connectivity index (χ0v) is 16.4. The number of hydrogen-bond donors (Lipinski definition) is 2. The van der Waals surface area contributed by atoms with Gasteiger partial charge in [0.1, 0.15) is 5.69 Å². The van der Waals surface area contributed by atoms with Crippen LogP contribution in [-0.4, -0.2) is 36.0 Å². The summed E-state index contributed by atoms with van der Waals surface area (Å²) in [5.41, 5.74) is 5.71. The number of carbonyl (C=O) groups is 1. The van der Waals surface area contributed by atoms with Crippen molar-refractivity contribution in [1.82, 2.24) is 15.6 Å². The summed E-state index contributed by atoms with van der Waals surface area (Å²) in [4.78, 5) is 12.3. The number of nitrogens with zero attached hydrogens (tertiary/aromatic N) is 2. The Morgan fingerprint density at radius 3 is 2.46 bits per heavy atom. The first-order valence-electron chi connectivity index (χ1n) is 8.40. The fraction of sp³-hybridized carbons (Fsp3) is 0.150. The SMILES string of the molecule is COc1ccc(-c2cc(C(=O)N/N=C(\C)c3ccc(Cl)cc3)[nH]n2)cc1OC. The first kappa shape index (κ1) is 19.4. The summed E-state index contributed by atoms with van der Waals surface area (Å²) >= 11 is 5.88. The second-order valence-corrected chi connectivity index (χ2v) is 6.32. The third-order valence-electron chi connectivity index (χ3n) is 4.09. The van der Waals surface area contributed by atoms with E-state index < -0.39 is 5.91 Å². The number of amides is 1. The molecule has 0 aliphatic rings. The van der Waals surface area contributed by atoms with Gasteiger partial charge in [-0.05, 0) is 48.9 Å². The topological polar surface area (TPSA) is 88.6 Å². The van der Waals surface area contributed by atoms with Crippen LogP contribution in [0.2, 0.25) is 5.02 Å². The van der Waals surface area contributed by atoms with Crippen molar-refractivity contribution in [2.75, 3.05) is 14.2 Å². The van der Waals surface area contributed by atoms with Crippen molar-refractivity contribution >= 4 is 23.2 Å². The monoisotopic (exact) mass is 398 g/mol. The van der Waals surface area contributed by atoms with Crippen LogP contribution in [0.1, 0.15) is 23.0 Å². The van der Waals surface area contributed by atoms with Gasteiger partial charge in [0, 0.05) is 10.6 Å². The van der Waals surface area contributed by atoms with Gasteiger partial charge in [0.15, 0.2) is 11.5 Å². The molecule has 0 radical (unpaired) electrons. The van der Waals surface area contributed by atoms with E-state index in [1.807, 2.05) is 18.2 Å². The van der Waals surface area contributed by atoms with Gasteiger partial charge in [-0.25, -0.2) is 5.43 Å². The lowest BCUT2D eigenvalue weighted by Crippen LogP contribution is -2.19. The number of methoxy groups -OCH3 is 2. The van der Waals surface area contributed by atoms with Gasteiger partial charge in [0.05, 0.1) is 25.6 Å². The molecule has 0 aliphatic carbocycles. The van der Waals surface area contributed by atoms with E-state index in [1.165, 1.54) is 0 Å². The van der Waals surface area contributed by atoms with Crippen LogP contribution in [0.15, 0.2) is 53.6 Å². The molecule has 3 rings (SSSR count). The average molecular weight is 399 g/mol. The number of H-pyrrole nitrogens is 1. The van der Waals surface area contributed by atoms with E-state index in [4.69, 9.17) is 21.1 Å². The maximum absolute atomic E-state index is 12.3. The largest absolute Gasteiger partial charge is 0.493 e. The fourth-order valence-corrected chi connectivity index (χ4v) is 2.66. The lowest BCUT2D eigenvalue weighted by molar-refractivity contribution is 0.0950. The van der Waals surface area contributed by atoms with Gasteiger partial charge < -0.3 is 9.47 Å². The fourth-order valence-electron chi connectivity index (χ4n) is 2.53. The number of nitrogens with one attached hydrogen (secondary N) is 2. The molecule has 0 atom stereocenters. The molecule has 28 heavy (non-hydrogen) atoms. The maximum Gasteiger partial charge on any atom is 0.289 e. The molecule has 1 heterocycles. The van der Waals surface area contributed by atoms with Gasteiger partial charge in [0.2, 0.25) is 0 Å². The number of benzene rings is 2. The first-order chi connectivity index (χ1) is 13.5. The molecule has 8 heteroatoms. The molecule has 2 aromatic carbocycles. The van der Waals surface area contributed by atoms with Crippen LogP contribution in [0, 0.1) is 0 Å². The predicted octanol–water partition coefficient (Wildman–Crippen LogP) is 3.90. The van der Waals surface area contributed by atoms with Crippen molar-refractivity contribution in [2.24, 2.45) is 5.10 Å². The molecule has 1 amide bonds. The average Bonchev–Trinajstić information content (AvgIpc) is 3.22. The Labute approximate surface area is 167 Å². The van der Waals surface area contributed by atoms with E-state index in [9.17, 15) is 4.79 Å². The summed E-state index contributed by atoms with van der Waals surface area (Å²) in [6, 6.07) is 14.2. The Hall–Kier alpha value is -3.32. The highest BCUT2D eigenvalue weighted by Crippen LogP contribution is 2.31. The molecule has 1 aromatic heterocycles. The Morgan fingerprint density at radius 1 is 1.07 bits per heavy atom. The summed E-state index contributed by atoms with van der Waals surface area (Å²) in [5, 5.41) is 11.7. The van der Waals surface area contributed by atoms with E-state index in [1.54, 1.807) is 51.5 Å². The molecule has 0 saturated heterocycles. The number of carbonyl (C=O) groups excluding carboxylic acids is 1. The van der Waals surface area contributed by atoms with Gasteiger partial charge in [-0.3, -0.25) is 9.89 Å². The minimum absolute atomic E-state index is 0.289. The normalized spacial score (nSPS) is 11.2. The number of aromatic amines is 1. The Morgan fingerprint density at radius 2 is 1.79 bits per heavy atom. The Kier molecular flexibility index (Phi) is 5.96. The quantitative estimate of drug-likeness (QED) is 0.486. The number of halogens is 1. The summed E-state index contributed by atoms with van der Waals surface area (Å²) in [6.07, 6.45) is 0. The molecule has 7 nitrogen and oxygen atoms in total. The van der Waals surface area contributed by atoms with Crippen molar-refractivity contribution in [3.8, 4) is 22.8 Å². The van der Waals surface area contributed by atoms with E-state index in [-0.39, 0.29) is 5.69 Å². The van der Waals surface area contributed by atoms with Crippen molar-refractivity contribution in [1.29, 1.82) is 0 Å². The summed E-state index contributed by atoms with van der Waals surface area (Å²) in [5.74, 6) is 0.802. The number of hydrazone groups is 1. The van der Waals surface area contributed by atoms with Crippen molar-refractivity contribution in [2.45, 2.75) is 6.92 Å². The molecule has 0 aliphatic heterocycles. The van der Waals surface area contributed by atoms with Crippen LogP contribution in [-0.2, 0) is 0 Å². The third kappa shape index (κ3) is 4.32. The molecule has 0 saturated carbocycles. The standard InChI is InChI=1S/C20H19ClN4O3/c1-12(13-4-7-15(21)8-5-13)22-25-20(26)17-11-16(23-24-17)14-6-9-18(27-2)19(10-14)28-3/h4-11H,1-3H3,(H,23,24)(H,25,26)/b22-12+. The molecule has 0 fully saturated rings. The molecule has 0 bridgehead atoms. The lowest BCUT2D eigenvalue weighted by Gasteiger charge is -2.08. The predicted molar refractivity (Wildman–Crippen MR) is 108 cm³/mol. The highest BCUT2D eigenvalue weighted by atomic mass is 35.5. The van der Waals surface area contributed by atoms with Gasteiger partial charge in [0.25, 0.3) is 5.91 Å². The first-order valence-corrected chi connectivity index (χ1v) is 8.78. The highest BCUT2D eigenvalue weighted by Gasteiger charge is 2.13. The summed E-state index contributed by atoms with van der Waals surface area (Å²) in [7, 11) is 3.13. The zero-order valence-electron chi connectivity index (χ0n) is 15.6. The molecule has 0 spiro atoms. The van der Waals surface area contributed by atoms with Crippen LogP contribution in [0.5, 0.6) is 11.5 Å². The summed E-state index contributed by atoms with van der Waals surface area (Å²) < 4.78 is 10.5. The molecule has 0 unspecified atom stereocenters. The van der Waals surface area contributed by atoms with Crippen molar-refractivity contribution in [3.05, 3.63) is 64.8 Å². The number of hydrogen-bond acceptors (Lipinski definition) is 5. The number of aromatic nitrogens is 2. The number of ether oxygens (including phenoxy) is 2. The smallest absolute Gasteiger partial charge is 0.289 e. The molecule has 144 valence electrons. The van der Waals surface area contributed by atoms with E-state index >= 15 is 0 Å². The molecular weight excluding hydrogens is 380 g/mol. The van der Waals surface area contributed by atoms with Gasteiger partial charge >= 0.3 is 0 Å². The molecular formula is C20H19ClN4O3. The van der Waals surface area contributed by atoms with Crippen LogP contribution < -0.4 is 14.9 Å². The Balaban J connectivity index is 1.73. The molecule has 3 aromatic rings. The van der Waals surface area contributed by atoms with Crippen molar-refractivity contribution in [3.63, 3.8) is 0 Å². The molecule has 2 N–H and O–H groups in total. The minimum atomic E-state index is -0.396. The van der Waals surface area contributed by atoms with E-state index in [0.717, 1.165) is 11.1 Å². The maximum atomic E-state index is 12.3. The second-order valence-electron chi connectivity index (χ2n) is 5.88. The van der Waals surface area contributed by atoms with E-state index in [2.05, 4.69) is 20.7 Å². The van der Waals surface area contributed by atoms with Crippen molar-refractivity contribution < 1.29 is 14.3 Å². The third-order valence-corrected chi connectivity index (χ3v) is 4.34. The van der Waals surface area contributed by atoms with E-state index in [0.29, 0.717) is 27.9 Å².